The number of aliphatic hydroxyl groups excluding tert-OH is 1. The number of hydrogen-bond acceptors (Lipinski definition) is 2. The predicted molar refractivity (Wildman–Crippen MR) is 119 cm³/mol. The molecule has 4 aliphatic rings. The second-order valence-corrected chi connectivity index (χ2v) is 8.42. The van der Waals surface area contributed by atoms with Crippen LogP contribution in [-0.4, -0.2) is 11.2 Å². The largest absolute Gasteiger partial charge is 0.490 e. The van der Waals surface area contributed by atoms with Gasteiger partial charge >= 0.3 is 0 Å². The normalized spacial score (nSPS) is 14.5. The van der Waals surface area contributed by atoms with Crippen molar-refractivity contribution in [3.05, 3.63) is 99.6 Å². The molecule has 150 valence electrons. The van der Waals surface area contributed by atoms with Crippen molar-refractivity contribution >= 4 is 0 Å². The van der Waals surface area contributed by atoms with E-state index >= 15 is 0 Å². The van der Waals surface area contributed by atoms with E-state index in [1.165, 1.54) is 27.8 Å². The van der Waals surface area contributed by atoms with Crippen molar-refractivity contribution in [3.8, 4) is 5.75 Å². The van der Waals surface area contributed by atoms with Crippen LogP contribution >= 0.6 is 0 Å². The molecule has 2 nitrogen and oxygen atoms in total. The Hall–Kier alpha value is -2.58. The Labute approximate surface area is 174 Å². The van der Waals surface area contributed by atoms with Crippen LogP contribution in [0.5, 0.6) is 5.75 Å². The minimum atomic E-state index is -0.692. The van der Waals surface area contributed by atoms with Crippen molar-refractivity contribution in [3.63, 3.8) is 0 Å². The van der Waals surface area contributed by atoms with Crippen LogP contribution < -0.4 is 4.74 Å². The Morgan fingerprint density at radius 2 is 1.28 bits per heavy atom. The zero-order valence-electron chi connectivity index (χ0n) is 17.6. The molecule has 0 spiro atoms. The van der Waals surface area contributed by atoms with Crippen molar-refractivity contribution in [1.82, 2.24) is 0 Å². The maximum atomic E-state index is 11.4. The quantitative estimate of drug-likeness (QED) is 0.619. The number of aryl methyl sites for hydroxylation is 5. The van der Waals surface area contributed by atoms with Gasteiger partial charge in [0.1, 0.15) is 11.9 Å². The molecule has 0 unspecified atom stereocenters. The van der Waals surface area contributed by atoms with Crippen molar-refractivity contribution in [2.24, 2.45) is 0 Å². The van der Waals surface area contributed by atoms with Gasteiger partial charge in [-0.25, -0.2) is 0 Å². The fourth-order valence-corrected chi connectivity index (χ4v) is 4.12. The lowest BCUT2D eigenvalue weighted by Crippen LogP contribution is -2.15. The van der Waals surface area contributed by atoms with E-state index in [-0.39, 0.29) is 6.10 Å². The topological polar surface area (TPSA) is 29.5 Å². The minimum absolute atomic E-state index is 0.0548. The van der Waals surface area contributed by atoms with Gasteiger partial charge < -0.3 is 9.84 Å². The summed E-state index contributed by atoms with van der Waals surface area (Å²) in [5.74, 6) is 0.876. The molecule has 3 aromatic rings. The van der Waals surface area contributed by atoms with Crippen LogP contribution in [0.2, 0.25) is 0 Å². The zero-order valence-corrected chi connectivity index (χ0v) is 17.6. The molecule has 7 rings (SSSR count). The van der Waals surface area contributed by atoms with Crippen LogP contribution in [0.4, 0.5) is 0 Å². The Morgan fingerprint density at radius 3 is 1.86 bits per heavy atom. The lowest BCUT2D eigenvalue weighted by molar-refractivity contribution is 0.195. The fraction of sp³-hybridized carbons (Fsp3) is 0.333. The summed E-state index contributed by atoms with van der Waals surface area (Å²) in [4.78, 5) is 0. The van der Waals surface area contributed by atoms with E-state index in [1.54, 1.807) is 0 Å². The van der Waals surface area contributed by atoms with E-state index in [0.717, 1.165) is 42.6 Å². The van der Waals surface area contributed by atoms with E-state index in [0.29, 0.717) is 0 Å². The molecule has 0 saturated carbocycles. The molecule has 29 heavy (non-hydrogen) atoms. The van der Waals surface area contributed by atoms with Gasteiger partial charge in [0.15, 0.2) is 0 Å². The van der Waals surface area contributed by atoms with E-state index in [2.05, 4.69) is 69.3 Å². The van der Waals surface area contributed by atoms with Crippen LogP contribution in [0.15, 0.2) is 60.7 Å². The molecule has 0 aromatic heterocycles. The smallest absolute Gasteiger partial charge is 0.129 e. The van der Waals surface area contributed by atoms with Crippen molar-refractivity contribution < 1.29 is 9.84 Å². The molecule has 0 aliphatic heterocycles. The molecule has 4 bridgehead atoms. The highest BCUT2D eigenvalue weighted by molar-refractivity contribution is 5.52. The SMILES string of the molecule is Cc1ccc([C@@H](O)c2c3ccc(c2OC(C)C)CCc2ccc(cc2)CC3)cc1. The summed E-state index contributed by atoms with van der Waals surface area (Å²) >= 11 is 0. The van der Waals surface area contributed by atoms with Crippen LogP contribution in [0, 0.1) is 6.92 Å². The summed E-state index contributed by atoms with van der Waals surface area (Å²) in [6, 6.07) is 21.5. The van der Waals surface area contributed by atoms with Crippen LogP contribution in [-0.2, 0) is 25.7 Å². The van der Waals surface area contributed by atoms with E-state index < -0.39 is 6.10 Å². The van der Waals surface area contributed by atoms with Crippen LogP contribution in [0.1, 0.15) is 58.9 Å². The van der Waals surface area contributed by atoms with Gasteiger partial charge in [0.2, 0.25) is 0 Å². The summed E-state index contributed by atoms with van der Waals surface area (Å²) in [6.07, 6.45) is 3.06. The van der Waals surface area contributed by atoms with Crippen molar-refractivity contribution in [2.45, 2.75) is 58.7 Å². The summed E-state index contributed by atoms with van der Waals surface area (Å²) in [6.45, 7) is 6.18. The highest BCUT2D eigenvalue weighted by atomic mass is 16.5. The molecule has 0 heterocycles. The first-order valence-electron chi connectivity index (χ1n) is 10.6. The molecule has 1 N–H and O–H groups in total. The molecular formula is C27H30O2. The second-order valence-electron chi connectivity index (χ2n) is 8.42. The van der Waals surface area contributed by atoms with Gasteiger partial charge in [-0.1, -0.05) is 66.2 Å². The maximum absolute atomic E-state index is 11.4. The standard InChI is InChI=1S/C27H30O2/c1-18(2)29-27-24-15-11-21-8-6-20(7-9-21)10-14-22(16-17-24)25(27)26(28)23-12-4-19(3)5-13-23/h4-9,12-13,16-18,26,28H,10-11,14-15H2,1-3H3/t26-/m1/s1. The average Bonchev–Trinajstić information content (AvgIpc) is 2.70. The van der Waals surface area contributed by atoms with E-state index in [9.17, 15) is 5.11 Å². The molecule has 2 heteroatoms. The third-order valence-electron chi connectivity index (χ3n) is 5.78. The van der Waals surface area contributed by atoms with Gasteiger partial charge in [-0.05, 0) is 74.3 Å². The highest BCUT2D eigenvalue weighted by Gasteiger charge is 2.24. The van der Waals surface area contributed by atoms with Gasteiger partial charge in [-0.15, -0.1) is 0 Å². The van der Waals surface area contributed by atoms with Crippen molar-refractivity contribution in [1.29, 1.82) is 0 Å². The van der Waals surface area contributed by atoms with Gasteiger partial charge in [-0.2, -0.15) is 0 Å². The lowest BCUT2D eigenvalue weighted by Gasteiger charge is -2.25. The molecule has 0 saturated heterocycles. The second kappa shape index (κ2) is 8.42. The number of rotatable bonds is 4. The van der Waals surface area contributed by atoms with Gasteiger partial charge in [0.05, 0.1) is 6.10 Å². The number of aliphatic hydroxyl groups is 1. The zero-order chi connectivity index (χ0) is 20.4. The Kier molecular flexibility index (Phi) is 5.73. The van der Waals surface area contributed by atoms with Crippen LogP contribution in [0.25, 0.3) is 0 Å². The highest BCUT2D eigenvalue weighted by Crippen LogP contribution is 2.38. The average molecular weight is 387 g/mol. The molecule has 1 atom stereocenters. The predicted octanol–water partition coefficient (Wildman–Crippen LogP) is 5.75. The first-order valence-corrected chi connectivity index (χ1v) is 10.6. The number of benzene rings is 3. The molecular weight excluding hydrogens is 356 g/mol. The summed E-state index contributed by atoms with van der Waals surface area (Å²) < 4.78 is 6.35. The Morgan fingerprint density at radius 1 is 0.724 bits per heavy atom. The third-order valence-corrected chi connectivity index (χ3v) is 5.78. The summed E-state index contributed by atoms with van der Waals surface area (Å²) in [5.41, 5.74) is 8.07. The van der Waals surface area contributed by atoms with E-state index in [4.69, 9.17) is 4.74 Å². The van der Waals surface area contributed by atoms with Gasteiger partial charge in [-0.3, -0.25) is 0 Å². The lowest BCUT2D eigenvalue weighted by atomic mass is 9.88. The first kappa shape index (κ1) is 19.7. The molecule has 0 fully saturated rings. The van der Waals surface area contributed by atoms with Gasteiger partial charge in [0, 0.05) is 5.56 Å². The number of hydrogen-bond donors (Lipinski definition) is 1. The first-order chi connectivity index (χ1) is 14.0. The maximum Gasteiger partial charge on any atom is 0.129 e. The van der Waals surface area contributed by atoms with Crippen molar-refractivity contribution in [2.75, 3.05) is 0 Å². The Bertz CT molecular complexity index is 969. The third kappa shape index (κ3) is 4.38. The summed E-state index contributed by atoms with van der Waals surface area (Å²) in [5, 5.41) is 11.4. The Balaban J connectivity index is 1.84. The minimum Gasteiger partial charge on any atom is -0.490 e. The molecule has 4 aliphatic carbocycles. The monoisotopic (exact) mass is 386 g/mol. The summed E-state index contributed by atoms with van der Waals surface area (Å²) in [7, 11) is 0. The fourth-order valence-electron chi connectivity index (χ4n) is 4.12. The van der Waals surface area contributed by atoms with Gasteiger partial charge in [0.25, 0.3) is 0 Å². The molecule has 0 amide bonds. The van der Waals surface area contributed by atoms with E-state index in [1.807, 2.05) is 12.1 Å². The number of ether oxygens (including phenoxy) is 1. The molecule has 0 radical (unpaired) electrons. The van der Waals surface area contributed by atoms with Crippen LogP contribution in [0.3, 0.4) is 0 Å². The molecule has 3 aromatic carbocycles.